The van der Waals surface area contributed by atoms with Crippen molar-refractivity contribution in [2.24, 2.45) is 5.73 Å². The first-order valence-corrected chi connectivity index (χ1v) is 8.24. The molecule has 1 aromatic heterocycles. The number of nitrogens with zero attached hydrogens (tertiary/aromatic N) is 3. The predicted molar refractivity (Wildman–Crippen MR) is 73.7 cm³/mol. The highest BCUT2D eigenvalue weighted by molar-refractivity contribution is 7.91. The van der Waals surface area contributed by atoms with E-state index in [1.165, 1.54) is 6.26 Å². The van der Waals surface area contributed by atoms with Gasteiger partial charge >= 0.3 is 0 Å². The van der Waals surface area contributed by atoms with Crippen LogP contribution in [0.4, 0.5) is 5.95 Å². The zero-order chi connectivity index (χ0) is 14.3. The lowest BCUT2D eigenvalue weighted by molar-refractivity contribution is 0.495. The number of piperidine rings is 1. The Morgan fingerprint density at radius 2 is 1.95 bits per heavy atom. The van der Waals surface area contributed by atoms with Gasteiger partial charge in [0.1, 0.15) is 10.6 Å². The molecule has 108 valence electrons. The van der Waals surface area contributed by atoms with Crippen molar-refractivity contribution >= 4 is 15.8 Å². The average molecular weight is 287 g/mol. The lowest BCUT2D eigenvalue weighted by atomic mass is 10.1. The summed E-state index contributed by atoms with van der Waals surface area (Å²) < 4.78 is 22.5. The molecule has 0 bridgehead atoms. The Balaban J connectivity index is 2.20. The van der Waals surface area contributed by atoms with E-state index >= 15 is 0 Å². The monoisotopic (exact) mass is 287 g/mol. The quantitative estimate of drug-likeness (QED) is 0.811. The first-order chi connectivity index (χ1) is 8.72. The van der Waals surface area contributed by atoms with Crippen LogP contribution in [-0.4, -0.2) is 49.0 Å². The number of sulfone groups is 1. The summed E-state index contributed by atoms with van der Waals surface area (Å²) in [6.45, 7) is 4.85. The van der Waals surface area contributed by atoms with Crippen molar-refractivity contribution in [2.75, 3.05) is 24.2 Å². The first-order valence-electron chi connectivity index (χ1n) is 6.35. The van der Waals surface area contributed by atoms with Crippen LogP contribution in [0.1, 0.15) is 32.5 Å². The van der Waals surface area contributed by atoms with Crippen LogP contribution in [0.3, 0.4) is 0 Å². The summed E-state index contributed by atoms with van der Waals surface area (Å²) in [6.07, 6.45) is 3.01. The van der Waals surface area contributed by atoms with Gasteiger partial charge in [-0.25, -0.2) is 8.42 Å². The molecule has 0 amide bonds. The second-order valence-electron chi connectivity index (χ2n) is 5.59. The molecule has 0 atom stereocenters. The van der Waals surface area contributed by atoms with E-state index in [0.717, 1.165) is 25.9 Å². The Labute approximate surface area is 113 Å². The summed E-state index contributed by atoms with van der Waals surface area (Å²) >= 11 is 0. The van der Waals surface area contributed by atoms with E-state index in [9.17, 15) is 8.42 Å². The Hall–Kier alpha value is -1.15. The normalized spacial score (nSPS) is 18.8. The molecular weight excluding hydrogens is 266 g/mol. The van der Waals surface area contributed by atoms with Crippen LogP contribution < -0.4 is 10.6 Å². The van der Waals surface area contributed by atoms with E-state index in [2.05, 4.69) is 15.2 Å². The maximum absolute atomic E-state index is 11.8. The number of hydrogen-bond donors (Lipinski definition) is 2. The molecule has 1 aliphatic heterocycles. The fourth-order valence-corrected chi connectivity index (χ4v) is 2.38. The smallest absolute Gasteiger partial charge is 0.244 e. The van der Waals surface area contributed by atoms with Gasteiger partial charge < -0.3 is 10.6 Å². The Bertz CT molecular complexity index is 543. The summed E-state index contributed by atoms with van der Waals surface area (Å²) in [5.41, 5.74) is 5.85. The molecule has 0 saturated carbocycles. The summed E-state index contributed by atoms with van der Waals surface area (Å²) in [5, 5.41) is 6.88. The van der Waals surface area contributed by atoms with E-state index in [0.29, 0.717) is 11.8 Å². The molecule has 2 rings (SSSR count). The largest absolute Gasteiger partial charge is 0.339 e. The maximum atomic E-state index is 11.8. The Morgan fingerprint density at radius 3 is 2.47 bits per heavy atom. The number of H-pyrrole nitrogens is 1. The van der Waals surface area contributed by atoms with Gasteiger partial charge in [-0.15, -0.1) is 5.10 Å². The zero-order valence-electron chi connectivity index (χ0n) is 11.5. The molecule has 2 heterocycles. The van der Waals surface area contributed by atoms with Crippen LogP contribution in [0.15, 0.2) is 0 Å². The van der Waals surface area contributed by atoms with Gasteiger partial charge in [0.05, 0.1) is 0 Å². The highest BCUT2D eigenvalue weighted by atomic mass is 32.2. The van der Waals surface area contributed by atoms with Crippen molar-refractivity contribution < 1.29 is 8.42 Å². The number of aromatic amines is 1. The van der Waals surface area contributed by atoms with E-state index in [-0.39, 0.29) is 6.04 Å². The van der Waals surface area contributed by atoms with Gasteiger partial charge in [-0.3, -0.25) is 5.10 Å². The molecule has 1 aromatic rings. The summed E-state index contributed by atoms with van der Waals surface area (Å²) in [6, 6.07) is 0.238. The molecule has 1 aliphatic rings. The van der Waals surface area contributed by atoms with Gasteiger partial charge in [-0.2, -0.15) is 4.98 Å². The summed E-state index contributed by atoms with van der Waals surface area (Å²) in [4.78, 5) is 6.37. The molecule has 0 aromatic carbocycles. The lowest BCUT2D eigenvalue weighted by Crippen LogP contribution is -2.40. The molecule has 0 aliphatic carbocycles. The minimum Gasteiger partial charge on any atom is -0.339 e. The topological polar surface area (TPSA) is 105 Å². The molecule has 0 spiro atoms. The van der Waals surface area contributed by atoms with Gasteiger partial charge in [-0.05, 0) is 26.7 Å². The van der Waals surface area contributed by atoms with Gasteiger partial charge in [0.2, 0.25) is 5.95 Å². The second kappa shape index (κ2) is 4.75. The fraction of sp³-hybridized carbons (Fsp3) is 0.818. The molecule has 3 N–H and O–H groups in total. The third-order valence-corrected chi connectivity index (χ3v) is 5.84. The van der Waals surface area contributed by atoms with Gasteiger partial charge in [-0.1, -0.05) is 0 Å². The second-order valence-corrected chi connectivity index (χ2v) is 8.16. The van der Waals surface area contributed by atoms with E-state index in [4.69, 9.17) is 5.73 Å². The molecule has 7 nitrogen and oxygen atoms in total. The first kappa shape index (κ1) is 14.3. The summed E-state index contributed by atoms with van der Waals surface area (Å²) in [7, 11) is -3.25. The fourth-order valence-electron chi connectivity index (χ4n) is 1.94. The SMILES string of the molecule is CC(C)(c1nc(N2CCC(N)CC2)n[nH]1)S(C)(=O)=O. The number of aromatic nitrogens is 3. The molecule has 19 heavy (non-hydrogen) atoms. The van der Waals surface area contributed by atoms with E-state index < -0.39 is 14.6 Å². The third kappa shape index (κ3) is 2.74. The van der Waals surface area contributed by atoms with Crippen LogP contribution in [0.5, 0.6) is 0 Å². The summed E-state index contributed by atoms with van der Waals surface area (Å²) in [5.74, 6) is 0.929. The van der Waals surface area contributed by atoms with Crippen LogP contribution in [0.25, 0.3) is 0 Å². The van der Waals surface area contributed by atoms with Crippen molar-refractivity contribution in [2.45, 2.75) is 37.5 Å². The number of nitrogens with two attached hydrogens (primary N) is 1. The Morgan fingerprint density at radius 1 is 1.37 bits per heavy atom. The van der Waals surface area contributed by atoms with Crippen molar-refractivity contribution in [3.8, 4) is 0 Å². The molecule has 0 unspecified atom stereocenters. The minimum atomic E-state index is -3.25. The van der Waals surface area contributed by atoms with Crippen molar-refractivity contribution in [1.29, 1.82) is 0 Å². The number of hydrogen-bond acceptors (Lipinski definition) is 6. The number of rotatable bonds is 3. The highest BCUT2D eigenvalue weighted by Gasteiger charge is 2.36. The minimum absolute atomic E-state index is 0.238. The number of nitrogens with one attached hydrogen (secondary N) is 1. The van der Waals surface area contributed by atoms with Crippen LogP contribution >= 0.6 is 0 Å². The van der Waals surface area contributed by atoms with Gasteiger partial charge in [0, 0.05) is 25.4 Å². The molecule has 0 radical (unpaired) electrons. The van der Waals surface area contributed by atoms with Crippen molar-refractivity contribution in [3.05, 3.63) is 5.82 Å². The van der Waals surface area contributed by atoms with Crippen molar-refractivity contribution in [3.63, 3.8) is 0 Å². The van der Waals surface area contributed by atoms with Gasteiger partial charge in [0.25, 0.3) is 0 Å². The van der Waals surface area contributed by atoms with Crippen molar-refractivity contribution in [1.82, 2.24) is 15.2 Å². The zero-order valence-corrected chi connectivity index (χ0v) is 12.4. The van der Waals surface area contributed by atoms with Gasteiger partial charge in [0.15, 0.2) is 9.84 Å². The number of anilines is 1. The molecule has 1 fully saturated rings. The highest BCUT2D eigenvalue weighted by Crippen LogP contribution is 2.27. The van der Waals surface area contributed by atoms with Crippen LogP contribution in [-0.2, 0) is 14.6 Å². The molecule has 1 saturated heterocycles. The Kier molecular flexibility index (Phi) is 3.57. The third-order valence-electron chi connectivity index (χ3n) is 3.79. The van der Waals surface area contributed by atoms with E-state index in [1.807, 2.05) is 4.90 Å². The van der Waals surface area contributed by atoms with Crippen LogP contribution in [0.2, 0.25) is 0 Å². The average Bonchev–Trinajstić information content (AvgIpc) is 2.78. The predicted octanol–water partition coefficient (Wildman–Crippen LogP) is 0.0119. The van der Waals surface area contributed by atoms with Crippen LogP contribution in [0, 0.1) is 0 Å². The van der Waals surface area contributed by atoms with E-state index in [1.54, 1.807) is 13.8 Å². The maximum Gasteiger partial charge on any atom is 0.244 e. The molecule has 8 heteroatoms. The molecular formula is C11H21N5O2S. The lowest BCUT2D eigenvalue weighted by Gasteiger charge is -2.29. The standard InChI is InChI=1S/C11H21N5O2S/c1-11(2,19(3,17)18)9-13-10(15-14-9)16-6-4-8(12)5-7-16/h8H,4-7,12H2,1-3H3,(H,13,14,15).